The third kappa shape index (κ3) is 6.34. The number of phenols is 1. The second-order valence-electron chi connectivity index (χ2n) is 9.87. The van der Waals surface area contributed by atoms with Gasteiger partial charge in [0.15, 0.2) is 0 Å². The Balaban J connectivity index is 0.000000448. The molecule has 2 aromatic carbocycles. The first-order valence-corrected chi connectivity index (χ1v) is 12.7. The zero-order chi connectivity index (χ0) is 28.5. The van der Waals surface area contributed by atoms with Crippen molar-refractivity contribution in [3.63, 3.8) is 0 Å². The van der Waals surface area contributed by atoms with Gasteiger partial charge in [-0.15, -0.1) is 0 Å². The summed E-state index contributed by atoms with van der Waals surface area (Å²) in [5.74, 6) is -1.94. The molecular weight excluding hydrogens is 543 g/mol. The largest absolute Gasteiger partial charge is 0.508 e. The van der Waals surface area contributed by atoms with E-state index in [4.69, 9.17) is 26.2 Å². The minimum absolute atomic E-state index is 0.0366. The molecule has 39 heavy (non-hydrogen) atoms. The molecule has 1 spiro atoms. The molecule has 1 unspecified atom stereocenters. The summed E-state index contributed by atoms with van der Waals surface area (Å²) >= 11 is 6.15. The van der Waals surface area contributed by atoms with Crippen LogP contribution < -0.4 is 15.0 Å². The molecule has 0 aliphatic carbocycles. The van der Waals surface area contributed by atoms with Crippen molar-refractivity contribution in [1.29, 1.82) is 0 Å². The third-order valence-electron chi connectivity index (χ3n) is 7.34. The number of rotatable bonds is 3. The maximum atomic E-state index is 12.3. The molecule has 1 amide bonds. The lowest BCUT2D eigenvalue weighted by Crippen LogP contribution is -2.53. The van der Waals surface area contributed by atoms with Crippen molar-refractivity contribution in [2.24, 2.45) is 0 Å². The summed E-state index contributed by atoms with van der Waals surface area (Å²) in [4.78, 5) is 25.5. The predicted octanol–water partition coefficient (Wildman–Crippen LogP) is 3.06. The molecule has 0 aromatic heterocycles. The highest BCUT2D eigenvalue weighted by atomic mass is 35.5. The third-order valence-corrected chi connectivity index (χ3v) is 7.57. The van der Waals surface area contributed by atoms with Crippen molar-refractivity contribution >= 4 is 29.2 Å². The average Bonchev–Trinajstić information content (AvgIpc) is 3.43. The molecule has 212 valence electrons. The van der Waals surface area contributed by atoms with E-state index in [0.717, 1.165) is 43.1 Å². The van der Waals surface area contributed by atoms with Gasteiger partial charge in [-0.1, -0.05) is 11.6 Å². The highest BCUT2D eigenvalue weighted by Crippen LogP contribution is 2.42. The van der Waals surface area contributed by atoms with Crippen LogP contribution in [0.5, 0.6) is 11.5 Å². The first kappa shape index (κ1) is 28.8. The Labute approximate surface area is 227 Å². The molecule has 4 N–H and O–H groups in total. The smallest absolute Gasteiger partial charge is 0.490 e. The van der Waals surface area contributed by atoms with E-state index >= 15 is 0 Å². The monoisotopic (exact) mass is 571 g/mol. The number of alkyl halides is 3. The fourth-order valence-corrected chi connectivity index (χ4v) is 5.57. The van der Waals surface area contributed by atoms with Crippen LogP contribution in [0.1, 0.15) is 28.8 Å². The minimum Gasteiger partial charge on any atom is -0.508 e. The molecule has 2 saturated heterocycles. The van der Waals surface area contributed by atoms with Crippen molar-refractivity contribution < 1.29 is 42.8 Å². The summed E-state index contributed by atoms with van der Waals surface area (Å²) < 4.78 is 38.1. The van der Waals surface area contributed by atoms with Gasteiger partial charge >= 0.3 is 12.1 Å². The zero-order valence-corrected chi connectivity index (χ0v) is 21.8. The van der Waals surface area contributed by atoms with Gasteiger partial charge < -0.3 is 30.3 Å². The fraction of sp³-hybridized carbons (Fsp3) is 0.462. The number of halogens is 4. The SMILES string of the molecule is CNC(=O)c1ccc(O)cc1N1CC(N2CCC3(CC2)Cc2cc(Cl)ccc2O3)[C@H](O)C1.O=C(O)C(F)(F)F. The number of amides is 1. The number of β-amino-alcohol motifs (C(OH)–C–C–N with tert-alkyl or cyclic N) is 1. The number of piperidine rings is 1. The number of carbonyl (C=O) groups is 2. The highest BCUT2D eigenvalue weighted by Gasteiger charge is 2.45. The van der Waals surface area contributed by atoms with Crippen LogP contribution in [0.2, 0.25) is 5.02 Å². The number of likely N-dealkylation sites (tertiary alicyclic amines) is 1. The lowest BCUT2D eigenvalue weighted by Gasteiger charge is -2.41. The maximum Gasteiger partial charge on any atom is 0.490 e. The molecule has 2 fully saturated rings. The van der Waals surface area contributed by atoms with Gasteiger partial charge in [0.25, 0.3) is 5.91 Å². The number of hydrogen-bond acceptors (Lipinski definition) is 7. The second-order valence-corrected chi connectivity index (χ2v) is 10.3. The second kappa shape index (κ2) is 11.1. The van der Waals surface area contributed by atoms with E-state index < -0.39 is 18.2 Å². The number of carbonyl (C=O) groups excluding carboxylic acids is 1. The van der Waals surface area contributed by atoms with Crippen molar-refractivity contribution in [2.75, 3.05) is 38.1 Å². The standard InChI is InChI=1S/C24H28ClN3O4.C2HF3O2/c1-26-23(31)18-4-3-17(29)11-19(18)28-13-20(21(30)14-28)27-8-6-24(7-9-27)12-15-10-16(25)2-5-22(15)32-24;3-2(4,5)1(6)7/h2-5,10-11,20-21,29-30H,6-9,12-14H2,1H3,(H,26,31);(H,6,7)/t20?,21-;/m1./s1. The van der Waals surface area contributed by atoms with Crippen LogP contribution in [0.15, 0.2) is 36.4 Å². The molecule has 3 aliphatic rings. The number of hydrogen-bond donors (Lipinski definition) is 4. The number of phenolic OH excluding ortho intramolecular Hbond substituents is 1. The van der Waals surface area contributed by atoms with E-state index in [2.05, 4.69) is 10.2 Å². The number of fused-ring (bicyclic) bond motifs is 1. The van der Waals surface area contributed by atoms with Gasteiger partial charge in [-0.05, 0) is 35.9 Å². The van der Waals surface area contributed by atoms with Crippen molar-refractivity contribution in [3.8, 4) is 11.5 Å². The van der Waals surface area contributed by atoms with Gasteiger partial charge in [0, 0.05) is 63.6 Å². The summed E-state index contributed by atoms with van der Waals surface area (Å²) in [6.07, 6.45) is -2.98. The molecule has 0 radical (unpaired) electrons. The van der Waals surface area contributed by atoms with Crippen LogP contribution in [0.3, 0.4) is 0 Å². The van der Waals surface area contributed by atoms with Crippen LogP contribution in [-0.2, 0) is 11.2 Å². The number of aliphatic carboxylic acids is 1. The van der Waals surface area contributed by atoms with Crippen LogP contribution in [0.25, 0.3) is 0 Å². The van der Waals surface area contributed by atoms with Crippen molar-refractivity contribution in [2.45, 2.75) is 43.2 Å². The lowest BCUT2D eigenvalue weighted by molar-refractivity contribution is -0.192. The molecule has 3 aliphatic heterocycles. The number of benzene rings is 2. The molecule has 2 aromatic rings. The number of aliphatic hydroxyl groups excluding tert-OH is 1. The van der Waals surface area contributed by atoms with Gasteiger partial charge in [0.05, 0.1) is 23.4 Å². The van der Waals surface area contributed by atoms with Crippen LogP contribution in [0, 0.1) is 0 Å². The average molecular weight is 572 g/mol. The lowest BCUT2D eigenvalue weighted by atomic mass is 9.86. The van der Waals surface area contributed by atoms with E-state index in [1.807, 2.05) is 23.1 Å². The Hall–Kier alpha value is -3.22. The first-order valence-electron chi connectivity index (χ1n) is 12.3. The number of aromatic hydroxyl groups is 1. The number of nitrogens with zero attached hydrogens (tertiary/aromatic N) is 2. The Morgan fingerprint density at radius 3 is 2.41 bits per heavy atom. The number of ether oxygens (including phenoxy) is 1. The molecular formula is C26H29ClF3N3O6. The number of aliphatic hydroxyl groups is 1. The van der Waals surface area contributed by atoms with Gasteiger partial charge in [-0.25, -0.2) is 4.79 Å². The molecule has 5 rings (SSSR count). The molecule has 0 bridgehead atoms. The maximum absolute atomic E-state index is 12.3. The van der Waals surface area contributed by atoms with Gasteiger partial charge in [0.2, 0.25) is 0 Å². The van der Waals surface area contributed by atoms with E-state index in [-0.39, 0.29) is 23.3 Å². The first-order chi connectivity index (χ1) is 18.3. The van der Waals surface area contributed by atoms with E-state index in [1.165, 1.54) is 11.6 Å². The van der Waals surface area contributed by atoms with Gasteiger partial charge in [-0.3, -0.25) is 9.69 Å². The Morgan fingerprint density at radius 2 is 1.79 bits per heavy atom. The molecule has 13 heteroatoms. The Kier molecular flexibility index (Phi) is 8.20. The summed E-state index contributed by atoms with van der Waals surface area (Å²) in [5.41, 5.74) is 2.12. The van der Waals surface area contributed by atoms with E-state index in [1.54, 1.807) is 19.2 Å². The normalized spacial score (nSPS) is 22.1. The highest BCUT2D eigenvalue weighted by molar-refractivity contribution is 6.30. The van der Waals surface area contributed by atoms with Crippen LogP contribution in [-0.4, -0.2) is 89.2 Å². The van der Waals surface area contributed by atoms with Crippen molar-refractivity contribution in [3.05, 3.63) is 52.5 Å². The fourth-order valence-electron chi connectivity index (χ4n) is 5.38. The molecule has 2 atom stereocenters. The minimum atomic E-state index is -5.08. The molecule has 3 heterocycles. The topological polar surface area (TPSA) is 123 Å². The van der Waals surface area contributed by atoms with Gasteiger partial charge in [0.1, 0.15) is 17.1 Å². The van der Waals surface area contributed by atoms with Crippen molar-refractivity contribution in [1.82, 2.24) is 10.2 Å². The zero-order valence-electron chi connectivity index (χ0n) is 21.0. The summed E-state index contributed by atoms with van der Waals surface area (Å²) in [7, 11) is 1.58. The van der Waals surface area contributed by atoms with Crippen LogP contribution >= 0.6 is 11.6 Å². The molecule has 9 nitrogen and oxygen atoms in total. The van der Waals surface area contributed by atoms with Crippen LogP contribution in [0.4, 0.5) is 18.9 Å². The summed E-state index contributed by atoms with van der Waals surface area (Å²) in [5, 5.41) is 31.4. The predicted molar refractivity (Wildman–Crippen MR) is 137 cm³/mol. The number of anilines is 1. The number of carboxylic acid groups (broad SMARTS) is 1. The quantitative estimate of drug-likeness (QED) is 0.443. The Bertz CT molecular complexity index is 1240. The van der Waals surface area contributed by atoms with E-state index in [9.17, 15) is 28.2 Å². The molecule has 0 saturated carbocycles. The van der Waals surface area contributed by atoms with Gasteiger partial charge in [-0.2, -0.15) is 13.2 Å². The summed E-state index contributed by atoms with van der Waals surface area (Å²) in [6.45, 7) is 2.68. The number of nitrogens with one attached hydrogen (secondary N) is 1. The summed E-state index contributed by atoms with van der Waals surface area (Å²) in [6, 6.07) is 10.5. The van der Waals surface area contributed by atoms with E-state index in [0.29, 0.717) is 24.3 Å². The Morgan fingerprint density at radius 1 is 1.13 bits per heavy atom. The number of carboxylic acids is 1.